The van der Waals surface area contributed by atoms with E-state index in [9.17, 15) is 0 Å². The van der Waals surface area contributed by atoms with Crippen molar-refractivity contribution in [3.8, 4) is 0 Å². The molecule has 0 aliphatic heterocycles. The standard InChI is InChI=1S/C18H31N/c1-13-8-9-16(15(3)10-13)17(19-7)11-14(2)12-18(4,5)6/h8-10,14,17,19H,11-12H2,1-7H3. The molecular weight excluding hydrogens is 230 g/mol. The molecule has 19 heavy (non-hydrogen) atoms. The predicted molar refractivity (Wildman–Crippen MR) is 85.6 cm³/mol. The lowest BCUT2D eigenvalue weighted by molar-refractivity contribution is 0.279. The minimum absolute atomic E-state index is 0.417. The van der Waals surface area contributed by atoms with E-state index in [1.165, 1.54) is 29.5 Å². The van der Waals surface area contributed by atoms with Crippen molar-refractivity contribution in [3.63, 3.8) is 0 Å². The van der Waals surface area contributed by atoms with E-state index in [1.807, 2.05) is 0 Å². The molecule has 1 nitrogen and oxygen atoms in total. The Hall–Kier alpha value is -0.820. The first-order chi connectivity index (χ1) is 8.73. The van der Waals surface area contributed by atoms with Gasteiger partial charge in [0.1, 0.15) is 0 Å². The lowest BCUT2D eigenvalue weighted by atomic mass is 9.81. The zero-order valence-corrected chi connectivity index (χ0v) is 13.8. The molecule has 0 spiro atoms. The summed E-state index contributed by atoms with van der Waals surface area (Å²) in [6.45, 7) is 13.7. The number of benzene rings is 1. The van der Waals surface area contributed by atoms with E-state index in [-0.39, 0.29) is 0 Å². The van der Waals surface area contributed by atoms with Gasteiger partial charge in [-0.1, -0.05) is 51.5 Å². The first-order valence-corrected chi connectivity index (χ1v) is 7.47. The molecule has 1 heteroatoms. The van der Waals surface area contributed by atoms with Gasteiger partial charge in [0.25, 0.3) is 0 Å². The number of rotatable bonds is 5. The third-order valence-corrected chi connectivity index (χ3v) is 3.75. The summed E-state index contributed by atoms with van der Waals surface area (Å²) in [5, 5.41) is 3.50. The Morgan fingerprint density at radius 2 is 1.79 bits per heavy atom. The predicted octanol–water partition coefficient (Wildman–Crippen LogP) is 5.03. The molecule has 0 saturated carbocycles. The number of aryl methyl sites for hydroxylation is 2. The lowest BCUT2D eigenvalue weighted by Crippen LogP contribution is -2.22. The zero-order valence-electron chi connectivity index (χ0n) is 13.8. The Bertz CT molecular complexity index is 401. The maximum Gasteiger partial charge on any atom is 0.0322 e. The Labute approximate surface area is 119 Å². The van der Waals surface area contributed by atoms with Crippen LogP contribution in [0.5, 0.6) is 0 Å². The molecule has 0 fully saturated rings. The molecule has 0 saturated heterocycles. The largest absolute Gasteiger partial charge is 0.313 e. The average molecular weight is 261 g/mol. The van der Waals surface area contributed by atoms with Crippen molar-refractivity contribution < 1.29 is 0 Å². The normalized spacial score (nSPS) is 15.3. The Morgan fingerprint density at radius 3 is 2.26 bits per heavy atom. The van der Waals surface area contributed by atoms with Crippen molar-refractivity contribution in [2.75, 3.05) is 7.05 Å². The third kappa shape index (κ3) is 5.36. The minimum Gasteiger partial charge on any atom is -0.313 e. The molecule has 0 bridgehead atoms. The van der Waals surface area contributed by atoms with E-state index in [0.29, 0.717) is 11.5 Å². The van der Waals surface area contributed by atoms with Crippen LogP contribution in [0.1, 0.15) is 63.3 Å². The van der Waals surface area contributed by atoms with Gasteiger partial charge in [0, 0.05) is 6.04 Å². The summed E-state index contributed by atoms with van der Waals surface area (Å²) in [6.07, 6.45) is 2.48. The molecule has 1 aromatic rings. The summed E-state index contributed by atoms with van der Waals surface area (Å²) < 4.78 is 0. The van der Waals surface area contributed by atoms with Crippen molar-refractivity contribution in [1.82, 2.24) is 5.32 Å². The molecule has 1 aromatic carbocycles. The van der Waals surface area contributed by atoms with Crippen LogP contribution in [0.2, 0.25) is 0 Å². The van der Waals surface area contributed by atoms with Crippen LogP contribution in [0.15, 0.2) is 18.2 Å². The summed E-state index contributed by atoms with van der Waals surface area (Å²) in [4.78, 5) is 0. The van der Waals surface area contributed by atoms with Crippen LogP contribution in [0.25, 0.3) is 0 Å². The van der Waals surface area contributed by atoms with Crippen LogP contribution in [-0.4, -0.2) is 7.05 Å². The summed E-state index contributed by atoms with van der Waals surface area (Å²) >= 11 is 0. The van der Waals surface area contributed by atoms with Crippen molar-refractivity contribution in [2.45, 2.75) is 60.4 Å². The van der Waals surface area contributed by atoms with Gasteiger partial charge >= 0.3 is 0 Å². The molecule has 1 N–H and O–H groups in total. The molecule has 2 atom stereocenters. The fourth-order valence-electron chi connectivity index (χ4n) is 3.15. The van der Waals surface area contributed by atoms with Gasteiger partial charge in [0.2, 0.25) is 0 Å². The van der Waals surface area contributed by atoms with Gasteiger partial charge in [0.05, 0.1) is 0 Å². The fraction of sp³-hybridized carbons (Fsp3) is 0.667. The van der Waals surface area contributed by atoms with Gasteiger partial charge < -0.3 is 5.32 Å². The van der Waals surface area contributed by atoms with Gasteiger partial charge in [-0.25, -0.2) is 0 Å². The second kappa shape index (κ2) is 6.56. The highest BCUT2D eigenvalue weighted by molar-refractivity contribution is 5.32. The van der Waals surface area contributed by atoms with Crippen LogP contribution in [0, 0.1) is 25.2 Å². The summed E-state index contributed by atoms with van der Waals surface area (Å²) in [7, 11) is 2.08. The summed E-state index contributed by atoms with van der Waals surface area (Å²) in [6, 6.07) is 7.27. The minimum atomic E-state index is 0.417. The fourth-order valence-corrected chi connectivity index (χ4v) is 3.15. The van der Waals surface area contributed by atoms with Crippen LogP contribution in [0.4, 0.5) is 0 Å². The van der Waals surface area contributed by atoms with Crippen LogP contribution in [0.3, 0.4) is 0 Å². The molecule has 0 radical (unpaired) electrons. The molecule has 1 rings (SSSR count). The Kier molecular flexibility index (Phi) is 5.61. The molecule has 2 unspecified atom stereocenters. The lowest BCUT2D eigenvalue weighted by Gasteiger charge is -2.27. The van der Waals surface area contributed by atoms with Gasteiger partial charge in [-0.15, -0.1) is 0 Å². The Morgan fingerprint density at radius 1 is 1.16 bits per heavy atom. The smallest absolute Gasteiger partial charge is 0.0322 e. The molecule has 0 amide bonds. The maximum atomic E-state index is 3.50. The number of hydrogen-bond acceptors (Lipinski definition) is 1. The molecule has 0 aromatic heterocycles. The highest BCUT2D eigenvalue weighted by Gasteiger charge is 2.20. The molecule has 0 heterocycles. The van der Waals surface area contributed by atoms with E-state index in [1.54, 1.807) is 0 Å². The second-order valence-corrected chi connectivity index (χ2v) is 7.31. The van der Waals surface area contributed by atoms with E-state index >= 15 is 0 Å². The number of nitrogens with one attached hydrogen (secondary N) is 1. The third-order valence-electron chi connectivity index (χ3n) is 3.75. The summed E-state index contributed by atoms with van der Waals surface area (Å²) in [5.74, 6) is 0.734. The SMILES string of the molecule is CNC(CC(C)CC(C)(C)C)c1ccc(C)cc1C. The highest BCUT2D eigenvalue weighted by Crippen LogP contribution is 2.31. The average Bonchev–Trinajstić information content (AvgIpc) is 2.24. The van der Waals surface area contributed by atoms with E-state index in [0.717, 1.165) is 5.92 Å². The van der Waals surface area contributed by atoms with Gasteiger partial charge in [0.15, 0.2) is 0 Å². The van der Waals surface area contributed by atoms with E-state index in [4.69, 9.17) is 0 Å². The van der Waals surface area contributed by atoms with Crippen molar-refractivity contribution in [3.05, 3.63) is 34.9 Å². The topological polar surface area (TPSA) is 12.0 Å². The number of hydrogen-bond donors (Lipinski definition) is 1. The summed E-state index contributed by atoms with van der Waals surface area (Å²) in [5.41, 5.74) is 4.62. The molecule has 0 aliphatic rings. The molecular formula is C18H31N. The van der Waals surface area contributed by atoms with Crippen LogP contribution < -0.4 is 5.32 Å². The highest BCUT2D eigenvalue weighted by atomic mass is 14.9. The van der Waals surface area contributed by atoms with E-state index < -0.39 is 0 Å². The van der Waals surface area contributed by atoms with E-state index in [2.05, 4.69) is 72.1 Å². The van der Waals surface area contributed by atoms with Gasteiger partial charge in [-0.3, -0.25) is 0 Å². The van der Waals surface area contributed by atoms with Crippen molar-refractivity contribution in [2.24, 2.45) is 11.3 Å². The van der Waals surface area contributed by atoms with Crippen molar-refractivity contribution in [1.29, 1.82) is 0 Å². The monoisotopic (exact) mass is 261 g/mol. The molecule has 108 valence electrons. The Balaban J connectivity index is 2.78. The molecule has 0 aliphatic carbocycles. The first-order valence-electron chi connectivity index (χ1n) is 7.47. The zero-order chi connectivity index (χ0) is 14.6. The first kappa shape index (κ1) is 16.2. The van der Waals surface area contributed by atoms with Gasteiger partial charge in [-0.05, 0) is 56.2 Å². The van der Waals surface area contributed by atoms with Crippen LogP contribution in [-0.2, 0) is 0 Å². The van der Waals surface area contributed by atoms with Crippen LogP contribution >= 0.6 is 0 Å². The maximum absolute atomic E-state index is 3.50. The van der Waals surface area contributed by atoms with Gasteiger partial charge in [-0.2, -0.15) is 0 Å². The van der Waals surface area contributed by atoms with Crippen molar-refractivity contribution >= 4 is 0 Å². The second-order valence-electron chi connectivity index (χ2n) is 7.31. The quantitative estimate of drug-likeness (QED) is 0.784.